The minimum atomic E-state index is -0.413. The van der Waals surface area contributed by atoms with Gasteiger partial charge in [-0.1, -0.05) is 30.0 Å². The Hall–Kier alpha value is -3.59. The van der Waals surface area contributed by atoms with E-state index in [-0.39, 0.29) is 11.7 Å². The average molecular weight is 464 g/mol. The van der Waals surface area contributed by atoms with Crippen molar-refractivity contribution in [1.82, 2.24) is 9.97 Å². The minimum Gasteiger partial charge on any atom is -0.465 e. The zero-order valence-corrected chi connectivity index (χ0v) is 19.1. The first-order valence-electron chi connectivity index (χ1n) is 10.6. The summed E-state index contributed by atoms with van der Waals surface area (Å²) in [4.78, 5) is 37.2. The van der Waals surface area contributed by atoms with Crippen molar-refractivity contribution in [3.63, 3.8) is 0 Å². The molecule has 1 aliphatic heterocycles. The Morgan fingerprint density at radius 2 is 1.67 bits per heavy atom. The van der Waals surface area contributed by atoms with Gasteiger partial charge in [0.2, 0.25) is 5.91 Å². The predicted molar refractivity (Wildman–Crippen MR) is 130 cm³/mol. The number of aromatic nitrogens is 2. The molecule has 0 saturated carbocycles. The van der Waals surface area contributed by atoms with Crippen LogP contribution in [0.3, 0.4) is 0 Å². The number of piperazine rings is 1. The van der Waals surface area contributed by atoms with Crippen molar-refractivity contribution in [1.29, 1.82) is 0 Å². The molecule has 33 heavy (non-hydrogen) atoms. The van der Waals surface area contributed by atoms with Crippen LogP contribution in [0, 0.1) is 0 Å². The topological polar surface area (TPSA) is 87.7 Å². The fourth-order valence-corrected chi connectivity index (χ4v) is 4.22. The number of methoxy groups -OCH3 is 1. The van der Waals surface area contributed by atoms with E-state index in [2.05, 4.69) is 54.1 Å². The molecular weight excluding hydrogens is 438 g/mol. The standard InChI is InChI=1S/C24H25N5O3S/c1-32-24(31)18-7-9-19(10-8-18)27-22(30)16-33-23-15-21(25-17-26-23)29-13-11-28(12-14-29)20-5-3-2-4-6-20/h2-10,15,17H,11-14,16H2,1H3,(H,27,30). The van der Waals surface area contributed by atoms with Gasteiger partial charge in [-0.3, -0.25) is 4.79 Å². The number of thioether (sulfide) groups is 1. The van der Waals surface area contributed by atoms with E-state index in [0.717, 1.165) is 37.0 Å². The lowest BCUT2D eigenvalue weighted by Gasteiger charge is -2.36. The van der Waals surface area contributed by atoms with Crippen molar-refractivity contribution >= 4 is 40.8 Å². The summed E-state index contributed by atoms with van der Waals surface area (Å²) in [5.41, 5.74) is 2.29. The zero-order valence-electron chi connectivity index (χ0n) is 18.3. The summed E-state index contributed by atoms with van der Waals surface area (Å²) in [6.07, 6.45) is 1.55. The van der Waals surface area contributed by atoms with Gasteiger partial charge in [-0.2, -0.15) is 0 Å². The summed E-state index contributed by atoms with van der Waals surface area (Å²) in [5.74, 6) is 0.530. The van der Waals surface area contributed by atoms with Crippen molar-refractivity contribution in [2.75, 3.05) is 54.2 Å². The average Bonchev–Trinajstić information content (AvgIpc) is 2.88. The number of rotatable bonds is 7. The molecule has 0 unspecified atom stereocenters. The number of nitrogens with one attached hydrogen (secondary N) is 1. The monoisotopic (exact) mass is 463 g/mol. The molecule has 4 rings (SSSR count). The molecule has 3 aromatic rings. The van der Waals surface area contributed by atoms with Gasteiger partial charge in [0.25, 0.3) is 0 Å². The number of carbonyl (C=O) groups is 2. The van der Waals surface area contributed by atoms with E-state index in [1.165, 1.54) is 24.6 Å². The molecule has 1 saturated heterocycles. The Bertz CT molecular complexity index is 1090. The van der Waals surface area contributed by atoms with Gasteiger partial charge in [-0.15, -0.1) is 0 Å². The van der Waals surface area contributed by atoms with Gasteiger partial charge in [0.1, 0.15) is 17.2 Å². The van der Waals surface area contributed by atoms with Gasteiger partial charge in [0.15, 0.2) is 0 Å². The van der Waals surface area contributed by atoms with Crippen molar-refractivity contribution in [3.05, 3.63) is 72.6 Å². The van der Waals surface area contributed by atoms with Gasteiger partial charge in [0, 0.05) is 43.6 Å². The second-order valence-corrected chi connectivity index (χ2v) is 8.43. The summed E-state index contributed by atoms with van der Waals surface area (Å²) in [6, 6.07) is 18.9. The van der Waals surface area contributed by atoms with Crippen molar-refractivity contribution in [2.45, 2.75) is 5.03 Å². The number of esters is 1. The number of amides is 1. The maximum atomic E-state index is 12.3. The first-order valence-corrected chi connectivity index (χ1v) is 11.6. The highest BCUT2D eigenvalue weighted by atomic mass is 32.2. The van der Waals surface area contributed by atoms with Crippen LogP contribution in [0.25, 0.3) is 0 Å². The van der Waals surface area contributed by atoms with Gasteiger partial charge < -0.3 is 19.9 Å². The van der Waals surface area contributed by atoms with Crippen LogP contribution in [-0.2, 0) is 9.53 Å². The number of ether oxygens (including phenoxy) is 1. The van der Waals surface area contributed by atoms with E-state index in [1.54, 1.807) is 30.6 Å². The van der Waals surface area contributed by atoms with Gasteiger partial charge in [-0.25, -0.2) is 14.8 Å². The van der Waals surface area contributed by atoms with E-state index in [9.17, 15) is 9.59 Å². The second kappa shape index (κ2) is 10.8. The van der Waals surface area contributed by atoms with Crippen LogP contribution >= 0.6 is 11.8 Å². The van der Waals surface area contributed by atoms with Crippen LogP contribution in [0.2, 0.25) is 0 Å². The summed E-state index contributed by atoms with van der Waals surface area (Å²) >= 11 is 1.36. The number of anilines is 3. The van der Waals surface area contributed by atoms with Crippen molar-refractivity contribution in [2.24, 2.45) is 0 Å². The van der Waals surface area contributed by atoms with Crippen molar-refractivity contribution < 1.29 is 14.3 Å². The molecule has 1 aromatic heterocycles. The molecule has 0 aliphatic carbocycles. The van der Waals surface area contributed by atoms with Crippen LogP contribution in [-0.4, -0.2) is 60.9 Å². The van der Waals surface area contributed by atoms with Crippen LogP contribution < -0.4 is 15.1 Å². The Kier molecular flexibility index (Phi) is 7.41. The number of nitrogens with zero attached hydrogens (tertiary/aromatic N) is 4. The SMILES string of the molecule is COC(=O)c1ccc(NC(=O)CSc2cc(N3CCN(c4ccccc4)CC3)ncn2)cc1. The molecular formula is C24H25N5O3S. The van der Waals surface area contributed by atoms with E-state index in [4.69, 9.17) is 0 Å². The van der Waals surface area contributed by atoms with Gasteiger partial charge in [-0.05, 0) is 36.4 Å². The van der Waals surface area contributed by atoms with Crippen LogP contribution in [0.5, 0.6) is 0 Å². The molecule has 2 aromatic carbocycles. The lowest BCUT2D eigenvalue weighted by Crippen LogP contribution is -2.46. The fourth-order valence-electron chi connectivity index (χ4n) is 3.56. The smallest absolute Gasteiger partial charge is 0.337 e. The summed E-state index contributed by atoms with van der Waals surface area (Å²) < 4.78 is 4.68. The van der Waals surface area contributed by atoms with Crippen LogP contribution in [0.4, 0.5) is 17.2 Å². The summed E-state index contributed by atoms with van der Waals surface area (Å²) in [7, 11) is 1.33. The summed E-state index contributed by atoms with van der Waals surface area (Å²) in [5, 5.41) is 3.58. The van der Waals surface area contributed by atoms with Gasteiger partial charge >= 0.3 is 5.97 Å². The van der Waals surface area contributed by atoms with E-state index < -0.39 is 5.97 Å². The van der Waals surface area contributed by atoms with Crippen molar-refractivity contribution in [3.8, 4) is 0 Å². The third kappa shape index (κ3) is 6.01. The number of hydrogen-bond acceptors (Lipinski definition) is 8. The molecule has 9 heteroatoms. The van der Waals surface area contributed by atoms with E-state index >= 15 is 0 Å². The molecule has 1 fully saturated rings. The Morgan fingerprint density at radius 1 is 0.970 bits per heavy atom. The number of hydrogen-bond donors (Lipinski definition) is 1. The first kappa shape index (κ1) is 22.6. The highest BCUT2D eigenvalue weighted by Gasteiger charge is 2.19. The molecule has 8 nitrogen and oxygen atoms in total. The zero-order chi connectivity index (χ0) is 23.0. The van der Waals surface area contributed by atoms with E-state index in [1.807, 2.05) is 12.1 Å². The second-order valence-electron chi connectivity index (χ2n) is 7.43. The first-order chi connectivity index (χ1) is 16.1. The van der Waals surface area contributed by atoms with Crippen LogP contribution in [0.15, 0.2) is 72.0 Å². The molecule has 0 radical (unpaired) electrons. The molecule has 1 N–H and O–H groups in total. The third-order valence-corrected chi connectivity index (χ3v) is 6.22. The molecule has 170 valence electrons. The largest absolute Gasteiger partial charge is 0.465 e. The third-order valence-electron chi connectivity index (χ3n) is 5.29. The maximum absolute atomic E-state index is 12.3. The molecule has 0 atom stereocenters. The minimum absolute atomic E-state index is 0.151. The number of benzene rings is 2. The quantitative estimate of drug-likeness (QED) is 0.324. The highest BCUT2D eigenvalue weighted by molar-refractivity contribution is 7.99. The Labute approximate surface area is 197 Å². The fraction of sp³-hybridized carbons (Fsp3) is 0.250. The Morgan fingerprint density at radius 3 is 2.36 bits per heavy atom. The highest BCUT2D eigenvalue weighted by Crippen LogP contribution is 2.23. The predicted octanol–water partition coefficient (Wildman–Crippen LogP) is 3.32. The van der Waals surface area contributed by atoms with Crippen LogP contribution in [0.1, 0.15) is 10.4 Å². The Balaban J connectivity index is 1.28. The molecule has 1 amide bonds. The molecule has 0 bridgehead atoms. The molecule has 0 spiro atoms. The maximum Gasteiger partial charge on any atom is 0.337 e. The van der Waals surface area contributed by atoms with Gasteiger partial charge in [0.05, 0.1) is 18.4 Å². The number of carbonyl (C=O) groups excluding carboxylic acids is 2. The summed E-state index contributed by atoms with van der Waals surface area (Å²) in [6.45, 7) is 3.59. The lowest BCUT2D eigenvalue weighted by atomic mass is 10.2. The normalized spacial score (nSPS) is 13.5. The molecule has 1 aliphatic rings. The van der Waals surface area contributed by atoms with E-state index in [0.29, 0.717) is 11.3 Å². The molecule has 2 heterocycles. The lowest BCUT2D eigenvalue weighted by molar-refractivity contribution is -0.113. The number of para-hydroxylation sites is 1.